The van der Waals surface area contributed by atoms with Crippen molar-refractivity contribution in [1.82, 2.24) is 0 Å². The Hall–Kier alpha value is -1.22. The summed E-state index contributed by atoms with van der Waals surface area (Å²) in [5.74, 6) is 2.38. The van der Waals surface area contributed by atoms with Crippen LogP contribution in [0.2, 0.25) is 0 Å². The molecular weight excluding hydrogens is 226 g/mol. The van der Waals surface area contributed by atoms with Gasteiger partial charge in [0.25, 0.3) is 0 Å². The zero-order chi connectivity index (χ0) is 13.0. The number of hydrogen-bond acceptors (Lipinski definition) is 3. The highest BCUT2D eigenvalue weighted by molar-refractivity contribution is 5.42. The van der Waals surface area contributed by atoms with Crippen LogP contribution in [0.3, 0.4) is 0 Å². The van der Waals surface area contributed by atoms with Crippen LogP contribution in [0.15, 0.2) is 18.2 Å². The van der Waals surface area contributed by atoms with E-state index in [2.05, 4.69) is 13.0 Å². The molecule has 0 heterocycles. The largest absolute Gasteiger partial charge is 0.493 e. The van der Waals surface area contributed by atoms with Crippen molar-refractivity contribution in [2.24, 2.45) is 11.7 Å². The van der Waals surface area contributed by atoms with Gasteiger partial charge < -0.3 is 15.2 Å². The number of aryl methyl sites for hydroxylation is 1. The summed E-state index contributed by atoms with van der Waals surface area (Å²) in [4.78, 5) is 0. The first-order valence-corrected chi connectivity index (χ1v) is 6.74. The number of nitrogens with two attached hydrogens (primary N) is 1. The van der Waals surface area contributed by atoms with Crippen molar-refractivity contribution in [1.29, 1.82) is 0 Å². The monoisotopic (exact) mass is 249 g/mol. The summed E-state index contributed by atoms with van der Waals surface area (Å²) in [6.45, 7) is 2.86. The van der Waals surface area contributed by atoms with E-state index in [1.165, 1.54) is 18.4 Å². The Morgan fingerprint density at radius 2 is 1.89 bits per heavy atom. The van der Waals surface area contributed by atoms with Gasteiger partial charge in [-0.1, -0.05) is 6.07 Å². The van der Waals surface area contributed by atoms with Gasteiger partial charge in [0.1, 0.15) is 0 Å². The summed E-state index contributed by atoms with van der Waals surface area (Å²) in [6, 6.07) is 6.08. The molecule has 0 radical (unpaired) electrons. The van der Waals surface area contributed by atoms with Gasteiger partial charge in [0.2, 0.25) is 0 Å². The Kier molecular flexibility index (Phi) is 4.48. The first-order valence-electron chi connectivity index (χ1n) is 6.74. The average molecular weight is 249 g/mol. The van der Waals surface area contributed by atoms with E-state index >= 15 is 0 Å². The van der Waals surface area contributed by atoms with E-state index in [1.54, 1.807) is 7.11 Å². The maximum Gasteiger partial charge on any atom is 0.161 e. The van der Waals surface area contributed by atoms with Crippen LogP contribution in [0.5, 0.6) is 11.5 Å². The molecule has 0 atom stereocenters. The van der Waals surface area contributed by atoms with E-state index in [4.69, 9.17) is 15.2 Å². The molecule has 3 heteroatoms. The maximum absolute atomic E-state index is 6.06. The van der Waals surface area contributed by atoms with Crippen molar-refractivity contribution in [2.75, 3.05) is 13.7 Å². The lowest BCUT2D eigenvalue weighted by molar-refractivity contribution is 0.129. The summed E-state index contributed by atoms with van der Waals surface area (Å²) in [5, 5.41) is 0. The van der Waals surface area contributed by atoms with Crippen LogP contribution in [-0.4, -0.2) is 19.8 Å². The lowest BCUT2D eigenvalue weighted by atomic mass is 9.87. The third-order valence-electron chi connectivity index (χ3n) is 3.74. The highest BCUT2D eigenvalue weighted by atomic mass is 16.5. The van der Waals surface area contributed by atoms with Crippen LogP contribution in [0, 0.1) is 12.8 Å². The van der Waals surface area contributed by atoms with Crippen molar-refractivity contribution in [2.45, 2.75) is 38.7 Å². The second kappa shape index (κ2) is 6.10. The molecule has 100 valence electrons. The van der Waals surface area contributed by atoms with Crippen LogP contribution in [0.4, 0.5) is 0 Å². The zero-order valence-corrected chi connectivity index (χ0v) is 11.3. The normalized spacial score (nSPS) is 23.7. The first kappa shape index (κ1) is 13.2. The fourth-order valence-electron chi connectivity index (χ4n) is 2.54. The van der Waals surface area contributed by atoms with Crippen molar-refractivity contribution >= 4 is 0 Å². The Morgan fingerprint density at radius 1 is 1.17 bits per heavy atom. The molecule has 0 bridgehead atoms. The SMILES string of the molecule is COc1cc(C)ccc1OC1CCC(CN)CC1. The second-order valence-corrected chi connectivity index (χ2v) is 5.15. The van der Waals surface area contributed by atoms with Crippen LogP contribution in [0.1, 0.15) is 31.2 Å². The molecule has 1 aromatic carbocycles. The smallest absolute Gasteiger partial charge is 0.161 e. The predicted molar refractivity (Wildman–Crippen MR) is 73.2 cm³/mol. The molecule has 1 aromatic rings. The molecule has 2 N–H and O–H groups in total. The fourth-order valence-corrected chi connectivity index (χ4v) is 2.54. The van der Waals surface area contributed by atoms with Crippen molar-refractivity contribution in [3.8, 4) is 11.5 Å². The van der Waals surface area contributed by atoms with Gasteiger partial charge in [-0.25, -0.2) is 0 Å². The molecule has 0 amide bonds. The van der Waals surface area contributed by atoms with Crippen LogP contribution in [0.25, 0.3) is 0 Å². The number of hydrogen-bond donors (Lipinski definition) is 1. The van der Waals surface area contributed by atoms with Gasteiger partial charge >= 0.3 is 0 Å². The third-order valence-corrected chi connectivity index (χ3v) is 3.74. The second-order valence-electron chi connectivity index (χ2n) is 5.15. The van der Waals surface area contributed by atoms with E-state index in [9.17, 15) is 0 Å². The Morgan fingerprint density at radius 3 is 2.50 bits per heavy atom. The van der Waals surface area contributed by atoms with E-state index in [1.807, 2.05) is 12.1 Å². The topological polar surface area (TPSA) is 44.5 Å². The number of methoxy groups -OCH3 is 1. The number of ether oxygens (including phenoxy) is 2. The quantitative estimate of drug-likeness (QED) is 0.892. The van der Waals surface area contributed by atoms with Gasteiger partial charge in [0.15, 0.2) is 11.5 Å². The van der Waals surface area contributed by atoms with E-state index in [-0.39, 0.29) is 0 Å². The summed E-state index contributed by atoms with van der Waals surface area (Å²) < 4.78 is 11.4. The Labute approximate surface area is 109 Å². The molecule has 0 saturated heterocycles. The zero-order valence-electron chi connectivity index (χ0n) is 11.3. The lowest BCUT2D eigenvalue weighted by Gasteiger charge is -2.28. The third kappa shape index (κ3) is 3.16. The van der Waals surface area contributed by atoms with Gasteiger partial charge in [-0.3, -0.25) is 0 Å². The number of rotatable bonds is 4. The van der Waals surface area contributed by atoms with E-state index in [0.717, 1.165) is 30.9 Å². The van der Waals surface area contributed by atoms with Crippen molar-refractivity contribution in [3.05, 3.63) is 23.8 Å². The van der Waals surface area contributed by atoms with Crippen LogP contribution in [-0.2, 0) is 0 Å². The molecule has 0 aliphatic heterocycles. The molecule has 2 rings (SSSR count). The maximum atomic E-state index is 6.06. The molecule has 1 aliphatic rings. The van der Waals surface area contributed by atoms with E-state index < -0.39 is 0 Å². The first-order chi connectivity index (χ1) is 8.72. The summed E-state index contributed by atoms with van der Waals surface area (Å²) >= 11 is 0. The van der Waals surface area contributed by atoms with Crippen molar-refractivity contribution in [3.63, 3.8) is 0 Å². The average Bonchev–Trinajstić information content (AvgIpc) is 2.41. The molecule has 1 aliphatic carbocycles. The van der Waals surface area contributed by atoms with Crippen LogP contribution >= 0.6 is 0 Å². The predicted octanol–water partition coefficient (Wildman–Crippen LogP) is 2.90. The number of benzene rings is 1. The van der Waals surface area contributed by atoms with Gasteiger partial charge in [-0.2, -0.15) is 0 Å². The summed E-state index contributed by atoms with van der Waals surface area (Å²) in [6.07, 6.45) is 4.85. The molecule has 0 unspecified atom stereocenters. The molecule has 3 nitrogen and oxygen atoms in total. The molecule has 1 fully saturated rings. The molecule has 18 heavy (non-hydrogen) atoms. The fraction of sp³-hybridized carbons (Fsp3) is 0.600. The Balaban J connectivity index is 1.97. The standard InChI is InChI=1S/C15H23NO2/c1-11-3-8-14(15(9-11)17-2)18-13-6-4-12(10-16)5-7-13/h3,8-9,12-13H,4-7,10,16H2,1-2H3. The molecular formula is C15H23NO2. The van der Waals surface area contributed by atoms with E-state index in [0.29, 0.717) is 12.0 Å². The van der Waals surface area contributed by atoms with Gasteiger partial charge in [0, 0.05) is 0 Å². The van der Waals surface area contributed by atoms with Gasteiger partial charge in [-0.05, 0) is 62.8 Å². The highest BCUT2D eigenvalue weighted by Crippen LogP contribution is 2.32. The minimum Gasteiger partial charge on any atom is -0.493 e. The minimum atomic E-state index is 0.310. The Bertz CT molecular complexity index is 384. The van der Waals surface area contributed by atoms with Crippen LogP contribution < -0.4 is 15.2 Å². The molecule has 0 spiro atoms. The van der Waals surface area contributed by atoms with Gasteiger partial charge in [-0.15, -0.1) is 0 Å². The van der Waals surface area contributed by atoms with Gasteiger partial charge in [0.05, 0.1) is 13.2 Å². The highest BCUT2D eigenvalue weighted by Gasteiger charge is 2.22. The lowest BCUT2D eigenvalue weighted by Crippen LogP contribution is -2.27. The molecule has 0 aromatic heterocycles. The summed E-state index contributed by atoms with van der Waals surface area (Å²) in [7, 11) is 1.69. The van der Waals surface area contributed by atoms with Crippen molar-refractivity contribution < 1.29 is 9.47 Å². The molecule has 1 saturated carbocycles. The minimum absolute atomic E-state index is 0.310. The summed E-state index contributed by atoms with van der Waals surface area (Å²) in [5.41, 5.74) is 6.89.